The highest BCUT2D eigenvalue weighted by molar-refractivity contribution is 9.10. The number of hydrogen-bond acceptors (Lipinski definition) is 5. The average molecular weight is 469 g/mol. The van der Waals surface area contributed by atoms with Gasteiger partial charge in [-0.25, -0.2) is 4.99 Å². The Balaban J connectivity index is 1.81. The Morgan fingerprint density at radius 2 is 2.00 bits per heavy atom. The maximum atomic E-state index is 12.4. The van der Waals surface area contributed by atoms with Crippen molar-refractivity contribution in [3.63, 3.8) is 0 Å². The van der Waals surface area contributed by atoms with Crippen LogP contribution in [0.15, 0.2) is 45.9 Å². The quantitative estimate of drug-likeness (QED) is 0.608. The zero-order valence-electron chi connectivity index (χ0n) is 12.8. The zero-order chi connectivity index (χ0) is 18.4. The molecule has 0 radical (unpaired) electrons. The number of halogens is 3. The monoisotopic (exact) mass is 467 g/mol. The van der Waals surface area contributed by atoms with Crippen molar-refractivity contribution in [1.29, 1.82) is 0 Å². The van der Waals surface area contributed by atoms with E-state index < -0.39 is 5.91 Å². The Hall–Kier alpha value is -1.93. The molecule has 1 amide bonds. The van der Waals surface area contributed by atoms with Crippen LogP contribution in [0, 0.1) is 0 Å². The molecule has 2 aromatic carbocycles. The van der Waals surface area contributed by atoms with E-state index in [1.807, 2.05) is 0 Å². The van der Waals surface area contributed by atoms with Crippen molar-refractivity contribution in [2.75, 3.05) is 5.32 Å². The van der Waals surface area contributed by atoms with Gasteiger partial charge < -0.3 is 10.4 Å². The van der Waals surface area contributed by atoms with Gasteiger partial charge >= 0.3 is 0 Å². The second kappa shape index (κ2) is 6.66. The van der Waals surface area contributed by atoms with Gasteiger partial charge in [0.05, 0.1) is 26.7 Å². The van der Waals surface area contributed by atoms with E-state index in [9.17, 15) is 9.90 Å². The fraction of sp³-hybridized carbons (Fsp3) is 0. The molecule has 5 nitrogen and oxygen atoms in total. The first kappa shape index (κ1) is 17.5. The Labute approximate surface area is 169 Å². The van der Waals surface area contributed by atoms with Crippen LogP contribution in [-0.4, -0.2) is 16.0 Å². The van der Waals surface area contributed by atoms with E-state index in [1.54, 1.807) is 36.4 Å². The summed E-state index contributed by atoms with van der Waals surface area (Å²) >= 11 is 16.7. The van der Waals surface area contributed by atoms with Crippen LogP contribution in [0.5, 0.6) is 5.88 Å². The minimum absolute atomic E-state index is 0.248. The number of hydrogen-bond donors (Lipinski definition) is 2. The van der Waals surface area contributed by atoms with E-state index in [0.717, 1.165) is 15.8 Å². The molecule has 0 saturated heterocycles. The van der Waals surface area contributed by atoms with Gasteiger partial charge in [0, 0.05) is 9.69 Å². The fourth-order valence-electron chi connectivity index (χ4n) is 2.55. The molecule has 130 valence electrons. The van der Waals surface area contributed by atoms with Crippen LogP contribution in [0.25, 0.3) is 5.57 Å². The molecule has 3 aromatic rings. The summed E-state index contributed by atoms with van der Waals surface area (Å²) in [5.41, 5.74) is 0.872. The van der Waals surface area contributed by atoms with Crippen LogP contribution in [0.3, 0.4) is 0 Å². The van der Waals surface area contributed by atoms with E-state index in [1.165, 1.54) is 0 Å². The number of thiazole rings is 1. The van der Waals surface area contributed by atoms with Gasteiger partial charge in [0.15, 0.2) is 5.13 Å². The molecule has 26 heavy (non-hydrogen) atoms. The molecule has 1 aliphatic heterocycles. The highest BCUT2D eigenvalue weighted by Gasteiger charge is 2.25. The Bertz CT molecular complexity index is 1190. The fourth-order valence-corrected chi connectivity index (χ4v) is 4.18. The van der Waals surface area contributed by atoms with Crippen LogP contribution < -0.4 is 15.9 Å². The summed E-state index contributed by atoms with van der Waals surface area (Å²) in [6.07, 6.45) is 0. The van der Waals surface area contributed by atoms with Crippen molar-refractivity contribution in [2.24, 2.45) is 4.99 Å². The van der Waals surface area contributed by atoms with E-state index in [4.69, 9.17) is 23.2 Å². The number of nitrogens with zero attached hydrogens (tertiary/aromatic N) is 2. The predicted octanol–water partition coefficient (Wildman–Crippen LogP) is 4.02. The molecule has 1 aromatic heterocycles. The van der Waals surface area contributed by atoms with Crippen molar-refractivity contribution in [3.8, 4) is 5.88 Å². The van der Waals surface area contributed by atoms with E-state index >= 15 is 0 Å². The number of carbonyl (C=O) groups excluding carboxylic acids is 1. The number of rotatable bonds is 3. The number of nitrogens with one attached hydrogen (secondary N) is 1. The number of aromatic hydroxyl groups is 1. The molecular weight excluding hydrogens is 461 g/mol. The number of amides is 1. The third-order valence-electron chi connectivity index (χ3n) is 3.69. The number of fused-ring (bicyclic) bond motifs is 1. The minimum atomic E-state index is -0.413. The summed E-state index contributed by atoms with van der Waals surface area (Å²) in [6.45, 7) is 0. The third-order valence-corrected chi connectivity index (χ3v) is 5.98. The third kappa shape index (κ3) is 3.01. The van der Waals surface area contributed by atoms with Gasteiger partial charge in [0.25, 0.3) is 5.91 Å². The first-order chi connectivity index (χ1) is 12.4. The lowest BCUT2D eigenvalue weighted by atomic mass is 10.1. The first-order valence-electron chi connectivity index (χ1n) is 7.28. The van der Waals surface area contributed by atoms with Crippen LogP contribution in [0.2, 0.25) is 10.0 Å². The first-order valence-corrected chi connectivity index (χ1v) is 9.64. The highest BCUT2D eigenvalue weighted by atomic mass is 79.9. The van der Waals surface area contributed by atoms with Gasteiger partial charge in [-0.15, -0.1) is 0 Å². The lowest BCUT2D eigenvalue weighted by molar-refractivity contribution is -0.112. The van der Waals surface area contributed by atoms with Crippen LogP contribution in [0.1, 0.15) is 4.88 Å². The number of benzene rings is 2. The summed E-state index contributed by atoms with van der Waals surface area (Å²) in [5, 5.41) is 15.6. The van der Waals surface area contributed by atoms with Gasteiger partial charge in [0.2, 0.25) is 5.88 Å². The van der Waals surface area contributed by atoms with Gasteiger partial charge in [-0.05, 0) is 30.3 Å². The molecule has 0 atom stereocenters. The molecule has 1 aliphatic rings. The number of carbonyl (C=O) groups is 1. The van der Waals surface area contributed by atoms with Gasteiger partial charge in [-0.2, -0.15) is 4.98 Å². The molecular formula is C17H8BrCl2N3O2S. The molecule has 0 spiro atoms. The van der Waals surface area contributed by atoms with Gasteiger partial charge in [-0.3, -0.25) is 4.79 Å². The summed E-state index contributed by atoms with van der Waals surface area (Å²) in [4.78, 5) is 20.8. The summed E-state index contributed by atoms with van der Waals surface area (Å²) in [5.74, 6) is -0.661. The molecule has 0 fully saturated rings. The van der Waals surface area contributed by atoms with Crippen molar-refractivity contribution in [1.82, 2.24) is 4.98 Å². The van der Waals surface area contributed by atoms with E-state index in [0.29, 0.717) is 41.9 Å². The van der Waals surface area contributed by atoms with Crippen molar-refractivity contribution in [3.05, 3.63) is 66.4 Å². The SMILES string of the molecule is O=C1N=c2ccc(Br)cc2=C1c1sc(Nc2cccc(Cl)c2Cl)nc1O. The lowest BCUT2D eigenvalue weighted by Gasteiger charge is -2.05. The standard InChI is InChI=1S/C17H8BrCl2N3O2S/c18-7-4-5-10-8(6-7)12(15(24)21-10)14-16(25)23-17(26-14)22-11-3-1-2-9(19)13(11)20/h1-6,25H,(H,22,23). The number of anilines is 2. The van der Waals surface area contributed by atoms with Crippen molar-refractivity contribution >= 4 is 72.8 Å². The maximum Gasteiger partial charge on any atom is 0.279 e. The number of aromatic nitrogens is 1. The van der Waals surface area contributed by atoms with Gasteiger partial charge in [0.1, 0.15) is 4.88 Å². The molecule has 0 bridgehead atoms. The molecule has 2 heterocycles. The predicted molar refractivity (Wildman–Crippen MR) is 106 cm³/mol. The Morgan fingerprint density at radius 3 is 2.81 bits per heavy atom. The minimum Gasteiger partial charge on any atom is -0.492 e. The molecule has 0 unspecified atom stereocenters. The van der Waals surface area contributed by atoms with Crippen molar-refractivity contribution < 1.29 is 9.90 Å². The van der Waals surface area contributed by atoms with Crippen LogP contribution in [-0.2, 0) is 4.79 Å². The Morgan fingerprint density at radius 1 is 1.19 bits per heavy atom. The van der Waals surface area contributed by atoms with Crippen molar-refractivity contribution in [2.45, 2.75) is 0 Å². The lowest BCUT2D eigenvalue weighted by Crippen LogP contribution is -2.22. The molecule has 9 heteroatoms. The molecule has 2 N–H and O–H groups in total. The second-order valence-electron chi connectivity index (χ2n) is 5.35. The van der Waals surface area contributed by atoms with E-state index in [2.05, 4.69) is 31.2 Å². The molecule has 4 rings (SSSR count). The Kier molecular flexibility index (Phi) is 4.48. The molecule has 0 aliphatic carbocycles. The summed E-state index contributed by atoms with van der Waals surface area (Å²) in [7, 11) is 0. The second-order valence-corrected chi connectivity index (χ2v) is 8.05. The highest BCUT2D eigenvalue weighted by Crippen LogP contribution is 2.37. The summed E-state index contributed by atoms with van der Waals surface area (Å²) in [6, 6.07) is 10.5. The normalized spacial score (nSPS) is 12.9. The van der Waals surface area contributed by atoms with Crippen LogP contribution in [0.4, 0.5) is 10.8 Å². The average Bonchev–Trinajstić information content (AvgIpc) is 3.10. The van der Waals surface area contributed by atoms with E-state index in [-0.39, 0.29) is 5.88 Å². The summed E-state index contributed by atoms with van der Waals surface area (Å²) < 4.78 is 0.812. The zero-order valence-corrected chi connectivity index (χ0v) is 16.7. The maximum absolute atomic E-state index is 12.4. The van der Waals surface area contributed by atoms with Gasteiger partial charge in [-0.1, -0.05) is 56.5 Å². The largest absolute Gasteiger partial charge is 0.492 e. The topological polar surface area (TPSA) is 74.6 Å². The van der Waals surface area contributed by atoms with Crippen LogP contribution >= 0.6 is 50.5 Å². The molecule has 0 saturated carbocycles. The smallest absolute Gasteiger partial charge is 0.279 e.